The summed E-state index contributed by atoms with van der Waals surface area (Å²) in [5, 5.41) is -7.57. The quantitative estimate of drug-likeness (QED) is 0.124. The highest BCUT2D eigenvalue weighted by Gasteiger charge is 2.31. The molecule has 702 valence electrons. The van der Waals surface area contributed by atoms with Crippen LogP contribution in [0.1, 0.15) is 127 Å². The molecule has 0 amide bonds. The summed E-state index contributed by atoms with van der Waals surface area (Å²) in [6, 6.07) is -59.7. The summed E-state index contributed by atoms with van der Waals surface area (Å²) in [4.78, 5) is 35.7. The molecule has 0 spiro atoms. The fourth-order valence-corrected chi connectivity index (χ4v) is 19.5. The van der Waals surface area contributed by atoms with Gasteiger partial charge in [-0.15, -0.1) is 0 Å². The fraction of sp³-hybridized carbons (Fsp3) is 0.0294. The molecule has 0 atom stereocenters. The number of aromatic nitrogens is 14. The van der Waals surface area contributed by atoms with Crippen molar-refractivity contribution >= 4 is 201 Å². The van der Waals surface area contributed by atoms with Crippen molar-refractivity contribution in [3.8, 4) is 96.9 Å². The van der Waals surface area contributed by atoms with Crippen molar-refractivity contribution in [2.24, 2.45) is 0 Å². The molecule has 14 heteroatoms. The maximum atomic E-state index is 10.0. The Morgan fingerprint density at radius 3 is 1.08 bits per heavy atom. The van der Waals surface area contributed by atoms with Crippen LogP contribution in [-0.4, -0.2) is 66.8 Å². The molecule has 0 aliphatic carbocycles. The number of para-hydroxylation sites is 7. The molecule has 0 unspecified atom stereocenters. The molecule has 0 radical (unpaired) electrons. The van der Waals surface area contributed by atoms with Gasteiger partial charge in [0.25, 0.3) is 0 Å². The van der Waals surface area contributed by atoms with Gasteiger partial charge in [0.15, 0.2) is 34.9 Å². The highest BCUT2D eigenvalue weighted by molar-refractivity contribution is 6.35. The molecule has 12 heterocycles. The van der Waals surface area contributed by atoms with E-state index in [-0.39, 0.29) is 127 Å². The number of hydrogen-bond acceptors (Lipinski definition) is 8. The van der Waals surface area contributed by atoms with Gasteiger partial charge in [0.05, 0.1) is 202 Å². The largest absolute Gasteiger partial charge is 0.309 e. The second-order valence-corrected chi connectivity index (χ2v) is 33.5. The van der Waals surface area contributed by atoms with Gasteiger partial charge < -0.3 is 22.3 Å². The van der Waals surface area contributed by atoms with E-state index in [2.05, 4.69) is 29.9 Å². The van der Waals surface area contributed by atoms with Gasteiger partial charge in [-0.2, -0.15) is 0 Å². The van der Waals surface area contributed by atoms with Gasteiger partial charge >= 0.3 is 0 Å². The Labute approximate surface area is 964 Å². The van der Waals surface area contributed by atoms with Crippen molar-refractivity contribution in [3.63, 3.8) is 0 Å². The topological polar surface area (TPSA) is 131 Å². The van der Waals surface area contributed by atoms with Crippen LogP contribution in [0.2, 0.25) is 0 Å². The molecule has 12 aromatic heterocycles. The van der Waals surface area contributed by atoms with Crippen LogP contribution in [0.25, 0.3) is 298 Å². The van der Waals surface area contributed by atoms with Crippen LogP contribution in [-0.2, 0) is 0 Å². The molecule has 0 aliphatic heterocycles. The molecule has 0 fully saturated rings. The summed E-state index contributed by atoms with van der Waals surface area (Å²) < 4.78 is 685. The van der Waals surface area contributed by atoms with Crippen molar-refractivity contribution < 1.29 is 103 Å². The van der Waals surface area contributed by atoms with Crippen molar-refractivity contribution in [2.75, 3.05) is 0 Å². The van der Waals surface area contributed by atoms with E-state index in [1.54, 1.807) is 0 Å². The Balaban J connectivity index is 0.000000139. The number of hydrogen-bond donors (Lipinski definition) is 0. The van der Waals surface area contributed by atoms with Crippen LogP contribution in [0.4, 0.5) is 0 Å². The predicted octanol–water partition coefficient (Wildman–Crippen LogP) is 34.5. The number of nitrogens with zero attached hydrogens (tertiary/aromatic N) is 14. The molecular formula is C136H88N14. The van der Waals surface area contributed by atoms with Gasteiger partial charge in [-0.1, -0.05) is 363 Å². The Kier molecular flexibility index (Phi) is 8.78. The van der Waals surface area contributed by atoms with Gasteiger partial charge in [-0.3, -0.25) is 4.57 Å². The lowest BCUT2D eigenvalue weighted by Crippen LogP contribution is -2.04. The molecule has 33 rings (SSSR count). The van der Waals surface area contributed by atoms with Crippen LogP contribution in [0.5, 0.6) is 0 Å². The minimum atomic E-state index is -1.02. The SMILES string of the molecule is C.[2H]c1c([2H])c(-c2nc(-n3c4c([2H])c([2H])c([2H])c5c6c([2H])c([2H])c([2H])c7c8c([2H])c([2H])c([2H])c([2H])c8n(c8c([2H])c([2H])c([2H])c3c8c54)c67)nc3c2c([2H])c([2H])c2c([2H])c([2H])c([2H])c([2H])c23)c([2H])c([2H])c1C.[2H]c1c([2H])c([2H])c(-c2nc(-c3c([2H])c([2H])c([2H])c(C)c3[2H])nc(-c3c([2H])c([2H])c([2H])c([2H])c3-n3c4c([2H])c([2H])c([2H])c5c6c([2H])c([2H])c([2H])c7c8c([2H])c([2H])c([2H])c([2H])c8n(c8c([2H])c([2H])c([2H])c3c8c54)c67)n2)c([2H])c1[2H].[2H]c1c([2H])c([2H])c(-c2nc(-c3c([2H])c([2H])c([2H])c([2H])c3[2H])nc(-c3c([2H])c([2H])c([2H])c(-n4c5c([2H])c(C)c([2H])c6c7c([2H])c([2H])c([2H])c8c9c([2H])c([2H])c([2H])c([2H])c9n(c9c([2H])c([2H])c([2H])c4c9c65)c78)c3[2H])n2)c([2H])c1[2H]. The zero-order valence-electron chi connectivity index (χ0n) is 150. The summed E-state index contributed by atoms with van der Waals surface area (Å²) in [7, 11) is 0. The second-order valence-electron chi connectivity index (χ2n) is 33.5. The monoisotopic (exact) mass is 1990 g/mol. The first-order valence-electron chi connectivity index (χ1n) is 82.1. The lowest BCUT2D eigenvalue weighted by atomic mass is 10.0. The Bertz CT molecular complexity index is 16100. The Hall–Kier alpha value is -20.0. The van der Waals surface area contributed by atoms with Crippen molar-refractivity contribution in [1.29, 1.82) is 0 Å². The number of fused-ring (bicyclic) bond motifs is 18. The van der Waals surface area contributed by atoms with E-state index in [0.29, 0.717) is 0 Å². The third kappa shape index (κ3) is 12.8. The smallest absolute Gasteiger partial charge is 0.235 e. The average Bonchev–Trinajstić information content (AvgIpc) is 1.50. The highest BCUT2D eigenvalue weighted by atomic mass is 15.2. The fourth-order valence-electron chi connectivity index (χ4n) is 19.5. The first-order chi connectivity index (χ1) is 105. The Morgan fingerprint density at radius 2 is 0.553 bits per heavy atom. The van der Waals surface area contributed by atoms with Crippen molar-refractivity contribution in [3.05, 3.63) is 470 Å². The van der Waals surface area contributed by atoms with E-state index in [0.717, 1.165) is 26.9 Å². The molecular weight excluding hydrogens is 1830 g/mol. The lowest BCUT2D eigenvalue weighted by Gasteiger charge is -2.15. The predicted molar refractivity (Wildman–Crippen MR) is 623 cm³/mol. The molecule has 33 aromatic rings. The number of rotatable bonds is 10. The van der Waals surface area contributed by atoms with Gasteiger partial charge in [0.2, 0.25) is 5.95 Å². The maximum Gasteiger partial charge on any atom is 0.235 e. The van der Waals surface area contributed by atoms with Gasteiger partial charge in [0.1, 0.15) is 0 Å². The molecule has 150 heavy (non-hydrogen) atoms. The van der Waals surface area contributed by atoms with E-state index in [1.165, 1.54) is 20.8 Å². The molecule has 0 N–H and O–H groups in total. The second kappa shape index (κ2) is 33.3. The zero-order chi connectivity index (χ0) is 163. The third-order valence-corrected chi connectivity index (χ3v) is 25.4. The van der Waals surface area contributed by atoms with Gasteiger partial charge in [-0.05, 0) is 157 Å². The summed E-state index contributed by atoms with van der Waals surface area (Å²) in [6.07, 6.45) is 0. The Morgan fingerprint density at radius 1 is 0.193 bits per heavy atom. The van der Waals surface area contributed by atoms with Crippen LogP contribution in [0, 0.1) is 20.8 Å². The third-order valence-electron chi connectivity index (χ3n) is 25.4. The lowest BCUT2D eigenvalue weighted by molar-refractivity contribution is 1.02. The van der Waals surface area contributed by atoms with Gasteiger partial charge in [0, 0.05) is 136 Å². The standard InChI is InChI=1S/2C46H29N5.C43H26N4.CH4/c1-28-25-36-35-21-11-20-34-33-19-8-9-22-37(33)51(43(34)35)39-24-12-23-38-42(39)41(36)40(26-28)50(38)32-18-10-17-31(27-32)46-48-44(29-13-4-2-5-14-29)47-45(49-46)30-15-6-3-7-16-30;1-28-13-9-16-30(27-28)45-47-44(29-14-3-2-4-15-29)48-46(49-45)35-18-6-8-23-37(35)50-38-24-11-19-32-34-21-10-20-33-31-17-5-7-22-36(31)51(43(33)34)40-26-12-25-39(50)42(40)41(32)38;1-25-19-21-27(22-20-25)40-33-24-23-26-9-2-3-10-28(26)41(33)45-43(44-40)47-35-16-7-12-30-32-14-6-13-31-29-11-4-5-15-34(29)46(42(31)32)36-17-8-18-37(47)39(36)38(30)35;/h2*2-27H,1H3;2-24H,1H3;1H4/i2*2D,3D,4D,5D,6D,7D,8D,9D,10D,11D,12D,13D,14D,15D,16D,17D,18D,19D,20D,21D,22D,23D,24D,25D,26D,27D;2D,3D,4D,5D,6D,7D,8D,9D,10D,11D,12D,13D,14D,15D,16D,17D,18D,19D,20D,21D,22D,23D,24D;. The molecule has 0 saturated heterocycles. The summed E-state index contributed by atoms with van der Waals surface area (Å²) in [5.74, 6) is -5.57. The maximum absolute atomic E-state index is 10.0. The van der Waals surface area contributed by atoms with E-state index in [1.807, 2.05) is 0 Å². The first kappa shape index (κ1) is 39.5. The molecule has 0 bridgehead atoms. The average molecular weight is 1990 g/mol. The van der Waals surface area contributed by atoms with E-state index in [9.17, 15) is 41.1 Å². The zero-order valence-corrected chi connectivity index (χ0v) is 75.3. The summed E-state index contributed by atoms with van der Waals surface area (Å²) in [6.45, 7) is 3.94. The van der Waals surface area contributed by atoms with Crippen molar-refractivity contribution in [2.45, 2.75) is 28.2 Å². The van der Waals surface area contributed by atoms with E-state index in [4.69, 9.17) is 71.7 Å². The molecule has 0 aliphatic rings. The van der Waals surface area contributed by atoms with E-state index < -0.39 is 649 Å². The summed E-state index contributed by atoms with van der Waals surface area (Å²) >= 11 is 0. The van der Waals surface area contributed by atoms with Crippen LogP contribution in [0.3, 0.4) is 0 Å². The van der Waals surface area contributed by atoms with Crippen LogP contribution >= 0.6 is 0 Å². The minimum absolute atomic E-state index is 0. The first-order valence-corrected chi connectivity index (χ1v) is 44.6. The normalized spacial score (nSPS) is 19.0. The number of benzene rings is 21. The van der Waals surface area contributed by atoms with Crippen LogP contribution < -0.4 is 0 Å². The molecule has 0 saturated carbocycles. The molecule has 21 aromatic carbocycles. The van der Waals surface area contributed by atoms with E-state index >= 15 is 0 Å². The van der Waals surface area contributed by atoms with Crippen molar-refractivity contribution in [1.82, 2.24) is 66.8 Å². The van der Waals surface area contributed by atoms with Crippen LogP contribution in [0.15, 0.2) is 453 Å². The molecule has 14 nitrogen and oxygen atoms in total. The summed E-state index contributed by atoms with van der Waals surface area (Å²) in [5.41, 5.74) is -14.4. The minimum Gasteiger partial charge on any atom is -0.309 e. The highest BCUT2D eigenvalue weighted by Crippen LogP contribution is 2.51. The van der Waals surface area contributed by atoms with Gasteiger partial charge in [-0.25, -0.2) is 39.9 Å².